The summed E-state index contributed by atoms with van der Waals surface area (Å²) >= 11 is 5.99. The summed E-state index contributed by atoms with van der Waals surface area (Å²) in [5, 5.41) is 0.541. The Kier molecular flexibility index (Phi) is 2.68. The number of halogens is 1. The molecule has 0 aliphatic heterocycles. The van der Waals surface area contributed by atoms with Crippen molar-refractivity contribution in [3.8, 4) is 0 Å². The highest BCUT2D eigenvalue weighted by molar-refractivity contribution is 6.30. The van der Waals surface area contributed by atoms with Crippen molar-refractivity contribution >= 4 is 18.1 Å². The van der Waals surface area contributed by atoms with E-state index in [2.05, 4.69) is 9.72 Å². The van der Waals surface area contributed by atoms with Gasteiger partial charge in [-0.3, -0.25) is 4.79 Å². The van der Waals surface area contributed by atoms with Gasteiger partial charge in [-0.25, -0.2) is 4.98 Å². The molecule has 1 aliphatic carbocycles. The number of ether oxygens (including phenoxy) is 1. The lowest BCUT2D eigenvalue weighted by Crippen LogP contribution is -1.96. The molecule has 2 rings (SSSR count). The molecule has 0 radical (unpaired) electrons. The van der Waals surface area contributed by atoms with E-state index >= 15 is 0 Å². The van der Waals surface area contributed by atoms with Crippen LogP contribution in [0.25, 0.3) is 0 Å². The molecule has 1 heterocycles. The largest absolute Gasteiger partial charge is 0.461 e. The van der Waals surface area contributed by atoms with Crippen molar-refractivity contribution in [2.24, 2.45) is 0 Å². The van der Waals surface area contributed by atoms with E-state index in [0.29, 0.717) is 23.2 Å². The summed E-state index contributed by atoms with van der Waals surface area (Å²) in [6, 6.07) is 3.82. The fourth-order valence-electron chi connectivity index (χ4n) is 1.38. The van der Waals surface area contributed by atoms with Gasteiger partial charge in [-0.2, -0.15) is 0 Å². The molecule has 14 heavy (non-hydrogen) atoms. The Morgan fingerprint density at radius 2 is 2.36 bits per heavy atom. The van der Waals surface area contributed by atoms with Crippen LogP contribution >= 0.6 is 11.6 Å². The third-order valence-corrected chi connectivity index (χ3v) is 2.55. The van der Waals surface area contributed by atoms with Crippen molar-refractivity contribution in [1.82, 2.24) is 4.98 Å². The van der Waals surface area contributed by atoms with E-state index in [1.165, 1.54) is 12.8 Å². The topological polar surface area (TPSA) is 39.2 Å². The molecule has 0 aromatic carbocycles. The predicted molar refractivity (Wildman–Crippen MR) is 52.1 cm³/mol. The van der Waals surface area contributed by atoms with Crippen LogP contribution in [0.4, 0.5) is 0 Å². The number of nitrogens with zero attached hydrogens (tertiary/aromatic N) is 1. The molecule has 0 atom stereocenters. The third kappa shape index (κ3) is 2.04. The first-order valence-corrected chi connectivity index (χ1v) is 4.89. The molecule has 1 fully saturated rings. The second-order valence-corrected chi connectivity index (χ2v) is 3.72. The average Bonchev–Trinajstić information content (AvgIpc) is 2.98. The van der Waals surface area contributed by atoms with Crippen LogP contribution in [0.15, 0.2) is 12.1 Å². The summed E-state index contributed by atoms with van der Waals surface area (Å²) in [7, 11) is 0. The number of rotatable bonds is 4. The Balaban J connectivity index is 2.12. The van der Waals surface area contributed by atoms with Gasteiger partial charge in [0, 0.05) is 0 Å². The van der Waals surface area contributed by atoms with Crippen molar-refractivity contribution < 1.29 is 9.53 Å². The van der Waals surface area contributed by atoms with Crippen LogP contribution in [0, 0.1) is 0 Å². The van der Waals surface area contributed by atoms with Gasteiger partial charge < -0.3 is 4.74 Å². The lowest BCUT2D eigenvalue weighted by Gasteiger charge is -2.03. The van der Waals surface area contributed by atoms with Gasteiger partial charge in [0.2, 0.25) is 0 Å². The van der Waals surface area contributed by atoms with Crippen LogP contribution in [0.5, 0.6) is 0 Å². The van der Waals surface area contributed by atoms with E-state index in [-0.39, 0.29) is 6.61 Å². The number of hydrogen-bond donors (Lipinski definition) is 0. The molecule has 1 saturated carbocycles. The van der Waals surface area contributed by atoms with Gasteiger partial charge >= 0.3 is 0 Å². The zero-order valence-electron chi connectivity index (χ0n) is 7.57. The van der Waals surface area contributed by atoms with Crippen LogP contribution in [-0.2, 0) is 16.1 Å². The SMILES string of the molecule is O=COCc1ccc(C2CC2)c(Cl)n1. The average molecular weight is 212 g/mol. The summed E-state index contributed by atoms with van der Waals surface area (Å²) in [6.45, 7) is 0.596. The van der Waals surface area contributed by atoms with E-state index in [9.17, 15) is 4.79 Å². The van der Waals surface area contributed by atoms with E-state index in [4.69, 9.17) is 11.6 Å². The summed E-state index contributed by atoms with van der Waals surface area (Å²) in [5.74, 6) is 0.594. The van der Waals surface area contributed by atoms with Gasteiger partial charge in [-0.1, -0.05) is 17.7 Å². The Hall–Kier alpha value is -1.09. The number of hydrogen-bond acceptors (Lipinski definition) is 3. The first kappa shape index (κ1) is 9.46. The van der Waals surface area contributed by atoms with Crippen molar-refractivity contribution in [2.45, 2.75) is 25.4 Å². The Bertz CT molecular complexity index is 350. The van der Waals surface area contributed by atoms with E-state index in [0.717, 1.165) is 5.56 Å². The fraction of sp³-hybridized carbons (Fsp3) is 0.400. The maximum atomic E-state index is 9.97. The van der Waals surface area contributed by atoms with Crippen LogP contribution in [0.3, 0.4) is 0 Å². The van der Waals surface area contributed by atoms with Crippen LogP contribution in [-0.4, -0.2) is 11.5 Å². The molecule has 0 amide bonds. The van der Waals surface area contributed by atoms with Gasteiger partial charge in [0.15, 0.2) is 0 Å². The Labute approximate surface area is 87.0 Å². The molecule has 0 N–H and O–H groups in total. The van der Waals surface area contributed by atoms with Gasteiger partial charge in [0.1, 0.15) is 11.8 Å². The molecule has 3 nitrogen and oxygen atoms in total. The Morgan fingerprint density at radius 1 is 1.57 bits per heavy atom. The highest BCUT2D eigenvalue weighted by Crippen LogP contribution is 2.42. The minimum absolute atomic E-state index is 0.189. The van der Waals surface area contributed by atoms with Crippen molar-refractivity contribution in [3.05, 3.63) is 28.5 Å². The smallest absolute Gasteiger partial charge is 0.293 e. The van der Waals surface area contributed by atoms with Gasteiger partial charge in [-0.15, -0.1) is 0 Å². The fourth-order valence-corrected chi connectivity index (χ4v) is 1.71. The molecule has 0 saturated heterocycles. The maximum Gasteiger partial charge on any atom is 0.293 e. The first-order valence-electron chi connectivity index (χ1n) is 4.52. The quantitative estimate of drug-likeness (QED) is 0.567. The molecule has 1 aliphatic rings. The monoisotopic (exact) mass is 211 g/mol. The normalized spacial score (nSPS) is 15.2. The third-order valence-electron chi connectivity index (χ3n) is 2.25. The standard InChI is InChI=1S/C10H10ClNO2/c11-10-9(7-1-2-7)4-3-8(12-10)5-14-6-13/h3-4,6-7H,1-2,5H2. The zero-order chi connectivity index (χ0) is 9.97. The van der Waals surface area contributed by atoms with Crippen molar-refractivity contribution in [2.75, 3.05) is 0 Å². The molecule has 1 aromatic rings. The second-order valence-electron chi connectivity index (χ2n) is 3.36. The van der Waals surface area contributed by atoms with Crippen LogP contribution in [0.2, 0.25) is 5.15 Å². The molecule has 74 valence electrons. The zero-order valence-corrected chi connectivity index (χ0v) is 8.33. The highest BCUT2D eigenvalue weighted by atomic mass is 35.5. The number of pyridine rings is 1. The summed E-state index contributed by atoms with van der Waals surface area (Å²) in [6.07, 6.45) is 2.40. The molecule has 0 spiro atoms. The summed E-state index contributed by atoms with van der Waals surface area (Å²) in [4.78, 5) is 14.1. The molecule has 1 aromatic heterocycles. The predicted octanol–water partition coefficient (Wildman–Crippen LogP) is 2.29. The summed E-state index contributed by atoms with van der Waals surface area (Å²) in [5.41, 5.74) is 1.80. The maximum absolute atomic E-state index is 9.97. The first-order chi connectivity index (χ1) is 6.81. The Morgan fingerprint density at radius 3 is 2.93 bits per heavy atom. The van der Waals surface area contributed by atoms with Gasteiger partial charge in [0.25, 0.3) is 6.47 Å². The molecular formula is C10H10ClNO2. The van der Waals surface area contributed by atoms with Crippen molar-refractivity contribution in [1.29, 1.82) is 0 Å². The number of carbonyl (C=O) groups is 1. The lowest BCUT2D eigenvalue weighted by atomic mass is 10.2. The highest BCUT2D eigenvalue weighted by Gasteiger charge is 2.26. The van der Waals surface area contributed by atoms with Crippen LogP contribution < -0.4 is 0 Å². The van der Waals surface area contributed by atoms with Gasteiger partial charge in [-0.05, 0) is 30.4 Å². The molecule has 0 bridgehead atoms. The number of carbonyl (C=O) groups excluding carboxylic acids is 1. The second kappa shape index (κ2) is 3.96. The molecule has 0 unspecified atom stereocenters. The molecular weight excluding hydrogens is 202 g/mol. The minimum atomic E-state index is 0.189. The lowest BCUT2D eigenvalue weighted by molar-refractivity contribution is -0.129. The summed E-state index contributed by atoms with van der Waals surface area (Å²) < 4.78 is 4.59. The van der Waals surface area contributed by atoms with E-state index < -0.39 is 0 Å². The van der Waals surface area contributed by atoms with E-state index in [1.807, 2.05) is 12.1 Å². The number of aromatic nitrogens is 1. The van der Waals surface area contributed by atoms with Gasteiger partial charge in [0.05, 0.1) is 5.69 Å². The van der Waals surface area contributed by atoms with Crippen LogP contribution in [0.1, 0.15) is 30.0 Å². The van der Waals surface area contributed by atoms with E-state index in [1.54, 1.807) is 0 Å². The minimum Gasteiger partial charge on any atom is -0.461 e. The molecule has 4 heteroatoms. The van der Waals surface area contributed by atoms with Crippen molar-refractivity contribution in [3.63, 3.8) is 0 Å².